The van der Waals surface area contributed by atoms with Crippen LogP contribution in [0.3, 0.4) is 0 Å². The van der Waals surface area contributed by atoms with Crippen LogP contribution in [-0.4, -0.2) is 11.5 Å². The maximum Gasteiger partial charge on any atom is 0.0797 e. The molecule has 16 heavy (non-hydrogen) atoms. The highest BCUT2D eigenvalue weighted by atomic mass is 32.1. The number of hydrogen-bond acceptors (Lipinski definition) is 4. The first kappa shape index (κ1) is 11.8. The molecule has 2 aromatic heterocycles. The molecule has 4 heteroatoms. The lowest BCUT2D eigenvalue weighted by Gasteiger charge is -2.01. The lowest BCUT2D eigenvalue weighted by Crippen LogP contribution is -2.15. The van der Waals surface area contributed by atoms with Crippen molar-refractivity contribution in [3.63, 3.8) is 0 Å². The van der Waals surface area contributed by atoms with Crippen LogP contribution in [0.2, 0.25) is 0 Å². The van der Waals surface area contributed by atoms with E-state index in [2.05, 4.69) is 36.3 Å². The van der Waals surface area contributed by atoms with E-state index in [0.29, 0.717) is 0 Å². The number of hydrogen-bond donors (Lipinski definition) is 1. The van der Waals surface area contributed by atoms with Crippen molar-refractivity contribution in [2.75, 3.05) is 6.54 Å². The van der Waals surface area contributed by atoms with Gasteiger partial charge in [0.15, 0.2) is 0 Å². The summed E-state index contributed by atoms with van der Waals surface area (Å²) >= 11 is 3.62. The summed E-state index contributed by atoms with van der Waals surface area (Å²) in [6.07, 6.45) is 1.08. The van der Waals surface area contributed by atoms with E-state index in [1.807, 2.05) is 16.8 Å². The van der Waals surface area contributed by atoms with Gasteiger partial charge in [0.2, 0.25) is 0 Å². The Hall–Kier alpha value is -0.710. The summed E-state index contributed by atoms with van der Waals surface area (Å²) in [7, 11) is 0. The molecular formula is C12H16N2S2. The third-order valence-corrected chi connectivity index (χ3v) is 4.46. The van der Waals surface area contributed by atoms with Crippen LogP contribution in [0.5, 0.6) is 0 Å². The normalized spacial score (nSPS) is 10.9. The molecule has 0 saturated heterocycles. The third kappa shape index (κ3) is 3.14. The van der Waals surface area contributed by atoms with Crippen molar-refractivity contribution >= 4 is 22.7 Å². The van der Waals surface area contributed by atoms with Gasteiger partial charge in [-0.05, 0) is 32.4 Å². The monoisotopic (exact) mass is 252 g/mol. The molecule has 0 unspecified atom stereocenters. The van der Waals surface area contributed by atoms with Crippen molar-refractivity contribution in [3.8, 4) is 0 Å². The van der Waals surface area contributed by atoms with Crippen molar-refractivity contribution < 1.29 is 0 Å². The largest absolute Gasteiger partial charge is 0.311 e. The van der Waals surface area contributed by atoms with Gasteiger partial charge in [0.25, 0.3) is 0 Å². The molecule has 0 radical (unpaired) electrons. The molecule has 0 amide bonds. The predicted molar refractivity (Wildman–Crippen MR) is 71.3 cm³/mol. The first-order valence-electron chi connectivity index (χ1n) is 5.40. The lowest BCUT2D eigenvalue weighted by atomic mass is 10.3. The number of rotatable bonds is 5. The third-order valence-electron chi connectivity index (χ3n) is 2.47. The van der Waals surface area contributed by atoms with Gasteiger partial charge in [-0.15, -0.1) is 22.7 Å². The smallest absolute Gasteiger partial charge is 0.0797 e. The molecule has 1 N–H and O–H groups in total. The van der Waals surface area contributed by atoms with Crippen LogP contribution in [0.1, 0.15) is 20.3 Å². The van der Waals surface area contributed by atoms with Crippen LogP contribution >= 0.6 is 22.7 Å². The van der Waals surface area contributed by atoms with Gasteiger partial charge in [-0.2, -0.15) is 0 Å². The summed E-state index contributed by atoms with van der Waals surface area (Å²) in [6.45, 7) is 6.24. The summed E-state index contributed by atoms with van der Waals surface area (Å²) in [6, 6.07) is 4.37. The van der Waals surface area contributed by atoms with Crippen LogP contribution in [0, 0.1) is 13.8 Å². The molecule has 2 aromatic rings. The summed E-state index contributed by atoms with van der Waals surface area (Å²) < 4.78 is 0. The summed E-state index contributed by atoms with van der Waals surface area (Å²) in [5.41, 5.74) is 3.10. The maximum atomic E-state index is 4.25. The number of aromatic nitrogens is 1. The Kier molecular flexibility index (Phi) is 4.09. The molecule has 2 nitrogen and oxygen atoms in total. The Bertz CT molecular complexity index is 445. The fourth-order valence-electron chi connectivity index (χ4n) is 1.56. The first-order valence-corrected chi connectivity index (χ1v) is 7.10. The van der Waals surface area contributed by atoms with E-state index in [4.69, 9.17) is 0 Å². The van der Waals surface area contributed by atoms with E-state index in [1.165, 1.54) is 20.3 Å². The Morgan fingerprint density at radius 3 is 2.81 bits per heavy atom. The summed E-state index contributed by atoms with van der Waals surface area (Å²) in [4.78, 5) is 8.45. The number of nitrogens with zero attached hydrogens (tertiary/aromatic N) is 1. The fraction of sp³-hybridized carbons (Fsp3) is 0.417. The molecule has 0 saturated carbocycles. The molecule has 0 atom stereocenters. The Morgan fingerprint density at radius 1 is 1.31 bits per heavy atom. The number of nitrogens with one attached hydrogen (secondary N) is 1. The quantitative estimate of drug-likeness (QED) is 0.827. The van der Waals surface area contributed by atoms with E-state index in [0.717, 1.165) is 19.5 Å². The van der Waals surface area contributed by atoms with Crippen LogP contribution < -0.4 is 5.32 Å². The van der Waals surface area contributed by atoms with Gasteiger partial charge in [0.05, 0.1) is 11.2 Å². The van der Waals surface area contributed by atoms with Crippen molar-refractivity contribution in [1.29, 1.82) is 0 Å². The minimum atomic E-state index is 0.982. The van der Waals surface area contributed by atoms with E-state index >= 15 is 0 Å². The number of aryl methyl sites for hydroxylation is 2. The fourth-order valence-corrected chi connectivity index (χ4v) is 3.20. The molecule has 0 aliphatic rings. The molecule has 2 heterocycles. The van der Waals surface area contributed by atoms with Gasteiger partial charge in [-0.1, -0.05) is 0 Å². The van der Waals surface area contributed by atoms with Gasteiger partial charge in [0.1, 0.15) is 0 Å². The van der Waals surface area contributed by atoms with E-state index < -0.39 is 0 Å². The average Bonchev–Trinajstić information content (AvgIpc) is 2.83. The average molecular weight is 252 g/mol. The van der Waals surface area contributed by atoms with E-state index in [1.54, 1.807) is 11.3 Å². The van der Waals surface area contributed by atoms with Crippen molar-refractivity contribution in [1.82, 2.24) is 10.3 Å². The highest BCUT2D eigenvalue weighted by Crippen LogP contribution is 2.15. The van der Waals surface area contributed by atoms with Crippen LogP contribution in [-0.2, 0) is 13.0 Å². The van der Waals surface area contributed by atoms with Gasteiger partial charge < -0.3 is 5.32 Å². The van der Waals surface area contributed by atoms with Gasteiger partial charge in [-0.25, -0.2) is 4.98 Å². The Labute approximate surface area is 104 Å². The van der Waals surface area contributed by atoms with Crippen molar-refractivity contribution in [3.05, 3.63) is 38.0 Å². The van der Waals surface area contributed by atoms with Crippen LogP contribution in [0.25, 0.3) is 0 Å². The topological polar surface area (TPSA) is 24.9 Å². The Morgan fingerprint density at radius 2 is 2.19 bits per heavy atom. The second-order valence-electron chi connectivity index (χ2n) is 3.80. The van der Waals surface area contributed by atoms with Gasteiger partial charge >= 0.3 is 0 Å². The number of thiophene rings is 1. The van der Waals surface area contributed by atoms with E-state index in [-0.39, 0.29) is 0 Å². The molecule has 0 aliphatic carbocycles. The SMILES string of the molecule is Cc1ccc(CNCCc2scnc2C)s1. The molecular weight excluding hydrogens is 236 g/mol. The first-order chi connectivity index (χ1) is 7.75. The zero-order valence-electron chi connectivity index (χ0n) is 9.62. The maximum absolute atomic E-state index is 4.25. The summed E-state index contributed by atoms with van der Waals surface area (Å²) in [5, 5.41) is 3.47. The second kappa shape index (κ2) is 5.57. The molecule has 86 valence electrons. The molecule has 0 spiro atoms. The Balaban J connectivity index is 1.71. The van der Waals surface area contributed by atoms with Crippen molar-refractivity contribution in [2.45, 2.75) is 26.8 Å². The zero-order valence-corrected chi connectivity index (χ0v) is 11.3. The van der Waals surface area contributed by atoms with Crippen molar-refractivity contribution in [2.24, 2.45) is 0 Å². The minimum absolute atomic E-state index is 0.982. The van der Waals surface area contributed by atoms with Crippen LogP contribution in [0.15, 0.2) is 17.6 Å². The molecule has 0 fully saturated rings. The minimum Gasteiger partial charge on any atom is -0.311 e. The highest BCUT2D eigenvalue weighted by molar-refractivity contribution is 7.11. The molecule has 0 aliphatic heterocycles. The predicted octanol–water partition coefficient (Wildman–Crippen LogP) is 3.15. The highest BCUT2D eigenvalue weighted by Gasteiger charge is 2.01. The zero-order chi connectivity index (χ0) is 11.4. The molecule has 0 aromatic carbocycles. The number of thiazole rings is 1. The van der Waals surface area contributed by atoms with Crippen LogP contribution in [0.4, 0.5) is 0 Å². The standard InChI is InChI=1S/C12H16N2S2/c1-9-3-4-11(16-9)7-13-6-5-12-10(2)14-8-15-12/h3-4,8,13H,5-7H2,1-2H3. The molecule has 0 bridgehead atoms. The summed E-state index contributed by atoms with van der Waals surface area (Å²) in [5.74, 6) is 0. The molecule has 2 rings (SSSR count). The lowest BCUT2D eigenvalue weighted by molar-refractivity contribution is 0.695. The van der Waals surface area contributed by atoms with Gasteiger partial charge in [0, 0.05) is 27.7 Å². The second-order valence-corrected chi connectivity index (χ2v) is 6.11. The van der Waals surface area contributed by atoms with Gasteiger partial charge in [-0.3, -0.25) is 0 Å². The van der Waals surface area contributed by atoms with E-state index in [9.17, 15) is 0 Å².